The molecule has 0 aliphatic carbocycles. The Morgan fingerprint density at radius 1 is 1.36 bits per heavy atom. The van der Waals surface area contributed by atoms with E-state index in [-0.39, 0.29) is 0 Å². The van der Waals surface area contributed by atoms with Crippen molar-refractivity contribution in [1.82, 2.24) is 10.3 Å². The zero-order chi connectivity index (χ0) is 9.86. The third-order valence-corrected chi connectivity index (χ3v) is 2.20. The van der Waals surface area contributed by atoms with Crippen molar-refractivity contribution in [2.45, 2.75) is 19.4 Å². The summed E-state index contributed by atoms with van der Waals surface area (Å²) in [6.07, 6.45) is 3.55. The van der Waals surface area contributed by atoms with Gasteiger partial charge in [-0.2, -0.15) is 0 Å². The van der Waals surface area contributed by atoms with Gasteiger partial charge in [0.05, 0.1) is 13.2 Å². The number of aromatic nitrogens is 1. The lowest BCUT2D eigenvalue weighted by Gasteiger charge is -2.23. The lowest BCUT2D eigenvalue weighted by Crippen LogP contribution is -2.42. The van der Waals surface area contributed by atoms with E-state index >= 15 is 0 Å². The topological polar surface area (TPSA) is 43.4 Å². The zero-order valence-corrected chi connectivity index (χ0v) is 8.19. The molecule has 0 atom stereocenters. The van der Waals surface area contributed by atoms with E-state index in [4.69, 9.17) is 9.47 Å². The highest BCUT2D eigenvalue weighted by Gasteiger charge is 2.29. The molecule has 1 aromatic heterocycles. The molecule has 1 aromatic rings. The minimum atomic E-state index is -0.622. The highest BCUT2D eigenvalue weighted by atomic mass is 16.8. The first-order valence-electron chi connectivity index (χ1n) is 4.70. The van der Waals surface area contributed by atoms with Crippen molar-refractivity contribution in [1.29, 1.82) is 0 Å². The van der Waals surface area contributed by atoms with Gasteiger partial charge in [-0.15, -0.1) is 0 Å². The maximum atomic E-state index is 5.41. The number of nitrogens with zero attached hydrogens (tertiary/aromatic N) is 1. The summed E-state index contributed by atoms with van der Waals surface area (Å²) in [6.45, 7) is 3.92. The van der Waals surface area contributed by atoms with Crippen LogP contribution in [0, 0.1) is 0 Å². The van der Waals surface area contributed by atoms with Gasteiger partial charge in [0.25, 0.3) is 0 Å². The maximum Gasteiger partial charge on any atom is 0.224 e. The van der Waals surface area contributed by atoms with Gasteiger partial charge in [0.1, 0.15) is 0 Å². The average Bonchev–Trinajstić information content (AvgIpc) is 2.65. The molecule has 1 aliphatic heterocycles. The fourth-order valence-corrected chi connectivity index (χ4v) is 1.38. The van der Waals surface area contributed by atoms with Crippen LogP contribution in [0.15, 0.2) is 24.5 Å². The normalized spacial score (nSPS) is 19.8. The van der Waals surface area contributed by atoms with Crippen molar-refractivity contribution in [3.8, 4) is 0 Å². The van der Waals surface area contributed by atoms with Gasteiger partial charge in [-0.05, 0) is 17.7 Å². The molecule has 14 heavy (non-hydrogen) atoms. The summed E-state index contributed by atoms with van der Waals surface area (Å²) in [6, 6.07) is 3.93. The highest BCUT2D eigenvalue weighted by molar-refractivity contribution is 5.09. The van der Waals surface area contributed by atoms with Crippen molar-refractivity contribution in [3.63, 3.8) is 0 Å². The minimum Gasteiger partial charge on any atom is -0.335 e. The number of pyridine rings is 1. The van der Waals surface area contributed by atoms with Gasteiger partial charge in [0.2, 0.25) is 5.91 Å². The summed E-state index contributed by atoms with van der Waals surface area (Å²) in [5, 5.41) is 3.20. The summed E-state index contributed by atoms with van der Waals surface area (Å²) >= 11 is 0. The van der Waals surface area contributed by atoms with Gasteiger partial charge >= 0.3 is 0 Å². The Balaban J connectivity index is 1.88. The minimum absolute atomic E-state index is 0.622. The molecule has 4 heteroatoms. The van der Waals surface area contributed by atoms with Gasteiger partial charge in [-0.3, -0.25) is 10.3 Å². The molecule has 0 amide bonds. The van der Waals surface area contributed by atoms with Crippen LogP contribution in [0.3, 0.4) is 0 Å². The molecule has 2 heterocycles. The molecule has 0 saturated carbocycles. The van der Waals surface area contributed by atoms with Crippen molar-refractivity contribution in [3.05, 3.63) is 30.1 Å². The van der Waals surface area contributed by atoms with Crippen molar-refractivity contribution < 1.29 is 9.47 Å². The van der Waals surface area contributed by atoms with E-state index in [1.807, 2.05) is 19.1 Å². The van der Waals surface area contributed by atoms with Crippen LogP contribution in [0.4, 0.5) is 0 Å². The molecule has 0 spiro atoms. The molecular weight excluding hydrogens is 180 g/mol. The van der Waals surface area contributed by atoms with E-state index in [0.717, 1.165) is 6.54 Å². The molecule has 0 aromatic carbocycles. The number of nitrogens with one attached hydrogen (secondary N) is 1. The molecule has 4 nitrogen and oxygen atoms in total. The molecular formula is C10H14N2O2. The third kappa shape index (κ3) is 2.29. The molecule has 76 valence electrons. The Labute approximate surface area is 83.2 Å². The summed E-state index contributed by atoms with van der Waals surface area (Å²) in [7, 11) is 0. The van der Waals surface area contributed by atoms with Crippen LogP contribution < -0.4 is 5.32 Å². The average molecular weight is 194 g/mol. The fraction of sp³-hybridized carbons (Fsp3) is 0.500. The number of hydrogen-bond acceptors (Lipinski definition) is 4. The van der Waals surface area contributed by atoms with E-state index in [0.29, 0.717) is 13.2 Å². The molecule has 0 radical (unpaired) electrons. The Morgan fingerprint density at radius 2 is 2.00 bits per heavy atom. The summed E-state index contributed by atoms with van der Waals surface area (Å²) in [4.78, 5) is 3.95. The maximum absolute atomic E-state index is 5.41. The van der Waals surface area contributed by atoms with E-state index in [2.05, 4.69) is 10.3 Å². The fourth-order valence-electron chi connectivity index (χ4n) is 1.38. The first-order valence-corrected chi connectivity index (χ1v) is 4.70. The van der Waals surface area contributed by atoms with Crippen molar-refractivity contribution in [2.75, 3.05) is 13.2 Å². The molecule has 2 rings (SSSR count). The second-order valence-electron chi connectivity index (χ2n) is 3.35. The van der Waals surface area contributed by atoms with Gasteiger partial charge in [0, 0.05) is 25.9 Å². The number of rotatable bonds is 3. The standard InChI is InChI=1S/C10H14N2O2/c1-10(13-6-7-14-10)12-8-9-2-4-11-5-3-9/h2-5,12H,6-8H2,1H3. The second kappa shape index (κ2) is 4.04. The van der Waals surface area contributed by atoms with Crippen molar-refractivity contribution in [2.24, 2.45) is 0 Å². The van der Waals surface area contributed by atoms with Gasteiger partial charge in [0.15, 0.2) is 0 Å². The monoisotopic (exact) mass is 194 g/mol. The first kappa shape index (κ1) is 9.58. The molecule has 1 N–H and O–H groups in total. The predicted molar refractivity (Wildman–Crippen MR) is 51.4 cm³/mol. The van der Waals surface area contributed by atoms with Crippen LogP contribution in [0.2, 0.25) is 0 Å². The molecule has 0 unspecified atom stereocenters. The van der Waals surface area contributed by atoms with E-state index in [9.17, 15) is 0 Å². The molecule has 1 aliphatic rings. The summed E-state index contributed by atoms with van der Waals surface area (Å²) < 4.78 is 10.8. The van der Waals surface area contributed by atoms with Crippen LogP contribution in [0.1, 0.15) is 12.5 Å². The molecule has 1 fully saturated rings. The number of hydrogen-bond donors (Lipinski definition) is 1. The van der Waals surface area contributed by atoms with Crippen molar-refractivity contribution >= 4 is 0 Å². The lowest BCUT2D eigenvalue weighted by atomic mass is 10.2. The van der Waals surface area contributed by atoms with Crippen LogP contribution >= 0.6 is 0 Å². The number of ether oxygens (including phenoxy) is 2. The molecule has 0 bridgehead atoms. The highest BCUT2D eigenvalue weighted by Crippen LogP contribution is 2.15. The zero-order valence-electron chi connectivity index (χ0n) is 8.19. The molecule has 1 saturated heterocycles. The summed E-state index contributed by atoms with van der Waals surface area (Å²) in [5.74, 6) is -0.622. The van der Waals surface area contributed by atoms with E-state index in [1.165, 1.54) is 5.56 Å². The second-order valence-corrected chi connectivity index (χ2v) is 3.35. The van der Waals surface area contributed by atoms with Crippen LogP contribution in [-0.2, 0) is 16.0 Å². The Kier molecular flexibility index (Phi) is 2.77. The quantitative estimate of drug-likeness (QED) is 0.776. The van der Waals surface area contributed by atoms with E-state index < -0.39 is 5.91 Å². The van der Waals surface area contributed by atoms with Crippen LogP contribution in [0.25, 0.3) is 0 Å². The predicted octanol–water partition coefficient (Wildman–Crippen LogP) is 0.892. The lowest BCUT2D eigenvalue weighted by molar-refractivity contribution is -0.167. The third-order valence-electron chi connectivity index (χ3n) is 2.20. The van der Waals surface area contributed by atoms with Gasteiger partial charge < -0.3 is 9.47 Å². The van der Waals surface area contributed by atoms with Gasteiger partial charge in [-0.25, -0.2) is 0 Å². The smallest absolute Gasteiger partial charge is 0.224 e. The van der Waals surface area contributed by atoms with Crippen LogP contribution in [-0.4, -0.2) is 24.1 Å². The Morgan fingerprint density at radius 3 is 2.64 bits per heavy atom. The van der Waals surface area contributed by atoms with Gasteiger partial charge in [-0.1, -0.05) is 0 Å². The summed E-state index contributed by atoms with van der Waals surface area (Å²) in [5.41, 5.74) is 1.17. The van der Waals surface area contributed by atoms with Crippen LogP contribution in [0.5, 0.6) is 0 Å². The van der Waals surface area contributed by atoms with E-state index in [1.54, 1.807) is 12.4 Å². The Hall–Kier alpha value is -0.970. The Bertz CT molecular complexity index is 283. The first-order chi connectivity index (χ1) is 6.79. The largest absolute Gasteiger partial charge is 0.335 e. The SMILES string of the molecule is CC1(NCc2ccncc2)OCCO1.